The number of aromatic carboxylic acids is 1. The summed E-state index contributed by atoms with van der Waals surface area (Å²) >= 11 is 0. The van der Waals surface area contributed by atoms with E-state index in [0.29, 0.717) is 6.54 Å². The van der Waals surface area contributed by atoms with Gasteiger partial charge in [0.2, 0.25) is 0 Å². The van der Waals surface area contributed by atoms with Gasteiger partial charge in [0, 0.05) is 6.54 Å². The molecule has 0 unspecified atom stereocenters. The van der Waals surface area contributed by atoms with Crippen molar-refractivity contribution in [3.05, 3.63) is 53.6 Å². The molecule has 144 valence electrons. The fourth-order valence-electron chi connectivity index (χ4n) is 2.32. The first-order valence-corrected chi connectivity index (χ1v) is 9.60. The minimum Gasteiger partial charge on any atom is -0.495 e. The molecule has 1 amide bonds. The third kappa shape index (κ3) is 4.76. The Kier molecular flexibility index (Phi) is 6.40. The van der Waals surface area contributed by atoms with Gasteiger partial charge in [-0.15, -0.1) is 0 Å². The predicted molar refractivity (Wildman–Crippen MR) is 99.8 cm³/mol. The fraction of sp³-hybridized carbons (Fsp3) is 0.222. The molecule has 27 heavy (non-hydrogen) atoms. The van der Waals surface area contributed by atoms with Crippen LogP contribution in [0, 0.1) is 0 Å². The summed E-state index contributed by atoms with van der Waals surface area (Å²) in [5.74, 6) is -1.70. The standard InChI is InChI=1S/C18H20N2O6S/c1-3-10-19-17(21)13-6-4-5-7-14(13)20-27(24,25)16-11-12(18(22)23)8-9-15(16)26-2/h4-9,11,20H,3,10H2,1-2H3,(H,19,21)(H,22,23). The Morgan fingerprint density at radius 1 is 1.15 bits per heavy atom. The van der Waals surface area contributed by atoms with Crippen LogP contribution in [-0.2, 0) is 10.0 Å². The van der Waals surface area contributed by atoms with E-state index < -0.39 is 21.9 Å². The number of sulfonamides is 1. The average molecular weight is 392 g/mol. The van der Waals surface area contributed by atoms with E-state index >= 15 is 0 Å². The molecule has 3 N–H and O–H groups in total. The van der Waals surface area contributed by atoms with E-state index in [-0.39, 0.29) is 27.5 Å². The van der Waals surface area contributed by atoms with E-state index in [4.69, 9.17) is 9.84 Å². The number of benzene rings is 2. The first-order chi connectivity index (χ1) is 12.8. The second-order valence-corrected chi connectivity index (χ2v) is 7.23. The number of ether oxygens (including phenoxy) is 1. The molecule has 0 spiro atoms. The zero-order valence-electron chi connectivity index (χ0n) is 14.9. The predicted octanol–water partition coefficient (Wildman–Crippen LogP) is 2.33. The van der Waals surface area contributed by atoms with Gasteiger partial charge in [0.1, 0.15) is 10.6 Å². The van der Waals surface area contributed by atoms with Gasteiger partial charge in [-0.1, -0.05) is 19.1 Å². The lowest BCUT2D eigenvalue weighted by Gasteiger charge is -2.15. The molecule has 0 saturated carbocycles. The van der Waals surface area contributed by atoms with Crippen LogP contribution in [0.1, 0.15) is 34.1 Å². The highest BCUT2D eigenvalue weighted by Gasteiger charge is 2.23. The zero-order chi connectivity index (χ0) is 20.0. The first kappa shape index (κ1) is 20.2. The quantitative estimate of drug-likeness (QED) is 0.634. The number of rotatable bonds is 8. The Morgan fingerprint density at radius 3 is 2.48 bits per heavy atom. The number of hydrogen-bond donors (Lipinski definition) is 3. The van der Waals surface area contributed by atoms with Crippen LogP contribution in [0.25, 0.3) is 0 Å². The van der Waals surface area contributed by atoms with Crippen molar-refractivity contribution in [3.63, 3.8) is 0 Å². The van der Waals surface area contributed by atoms with E-state index in [9.17, 15) is 18.0 Å². The number of nitrogens with one attached hydrogen (secondary N) is 2. The Hall–Kier alpha value is -3.07. The van der Waals surface area contributed by atoms with Gasteiger partial charge < -0.3 is 15.2 Å². The molecule has 0 aliphatic rings. The molecular formula is C18H20N2O6S. The molecular weight excluding hydrogens is 372 g/mol. The molecule has 0 bridgehead atoms. The topological polar surface area (TPSA) is 122 Å². The summed E-state index contributed by atoms with van der Waals surface area (Å²) in [7, 11) is -2.93. The molecule has 0 aliphatic carbocycles. The summed E-state index contributed by atoms with van der Waals surface area (Å²) in [6.45, 7) is 2.35. The summed E-state index contributed by atoms with van der Waals surface area (Å²) in [6, 6.07) is 9.65. The number of carboxylic acids is 1. The van der Waals surface area contributed by atoms with E-state index in [1.165, 1.54) is 31.4 Å². The summed E-state index contributed by atoms with van der Waals surface area (Å²) < 4.78 is 33.0. The Bertz CT molecular complexity index is 956. The third-order valence-corrected chi connectivity index (χ3v) is 5.04. The van der Waals surface area contributed by atoms with E-state index in [2.05, 4.69) is 10.0 Å². The van der Waals surface area contributed by atoms with E-state index in [1.807, 2.05) is 6.92 Å². The summed E-state index contributed by atoms with van der Waals surface area (Å²) in [4.78, 5) is 23.1. The monoisotopic (exact) mass is 392 g/mol. The van der Waals surface area contributed by atoms with Gasteiger partial charge in [0.05, 0.1) is 23.9 Å². The van der Waals surface area contributed by atoms with Crippen LogP contribution in [0.15, 0.2) is 47.4 Å². The number of carbonyl (C=O) groups excluding carboxylic acids is 1. The fourth-order valence-corrected chi connectivity index (χ4v) is 3.60. The number of anilines is 1. The Morgan fingerprint density at radius 2 is 1.85 bits per heavy atom. The summed E-state index contributed by atoms with van der Waals surface area (Å²) in [5, 5.41) is 11.8. The molecule has 0 aliphatic heterocycles. The molecule has 0 aromatic heterocycles. The molecule has 0 atom stereocenters. The molecule has 0 fully saturated rings. The van der Waals surface area contributed by atoms with Crippen LogP contribution in [0.3, 0.4) is 0 Å². The average Bonchev–Trinajstić information content (AvgIpc) is 2.65. The van der Waals surface area contributed by atoms with Crippen molar-refractivity contribution in [1.29, 1.82) is 0 Å². The molecule has 0 saturated heterocycles. The highest BCUT2D eigenvalue weighted by atomic mass is 32.2. The number of carbonyl (C=O) groups is 2. The minimum absolute atomic E-state index is 0.0135. The van der Waals surface area contributed by atoms with Crippen molar-refractivity contribution in [2.45, 2.75) is 18.2 Å². The second kappa shape index (κ2) is 8.54. The van der Waals surface area contributed by atoms with Gasteiger partial charge >= 0.3 is 5.97 Å². The van der Waals surface area contributed by atoms with Crippen LogP contribution in [-0.4, -0.2) is 39.1 Å². The molecule has 2 aromatic rings. The number of amides is 1. The largest absolute Gasteiger partial charge is 0.495 e. The van der Waals surface area contributed by atoms with Crippen molar-refractivity contribution in [1.82, 2.24) is 5.32 Å². The summed E-state index contributed by atoms with van der Waals surface area (Å²) in [6.07, 6.45) is 0.735. The maximum atomic E-state index is 12.8. The number of para-hydroxylation sites is 1. The van der Waals surface area contributed by atoms with Gasteiger partial charge in [-0.05, 0) is 36.8 Å². The van der Waals surface area contributed by atoms with Gasteiger partial charge in [-0.2, -0.15) is 0 Å². The van der Waals surface area contributed by atoms with E-state index in [1.54, 1.807) is 12.1 Å². The Balaban J connectivity index is 2.45. The van der Waals surface area contributed by atoms with E-state index in [0.717, 1.165) is 12.5 Å². The van der Waals surface area contributed by atoms with Gasteiger partial charge in [-0.25, -0.2) is 13.2 Å². The number of hydrogen-bond acceptors (Lipinski definition) is 5. The highest BCUT2D eigenvalue weighted by Crippen LogP contribution is 2.28. The van der Waals surface area contributed by atoms with Gasteiger partial charge in [-0.3, -0.25) is 9.52 Å². The van der Waals surface area contributed by atoms with Crippen LogP contribution in [0.4, 0.5) is 5.69 Å². The van der Waals surface area contributed by atoms with Gasteiger partial charge in [0.15, 0.2) is 0 Å². The van der Waals surface area contributed by atoms with Crippen LogP contribution < -0.4 is 14.8 Å². The maximum Gasteiger partial charge on any atom is 0.335 e. The third-order valence-electron chi connectivity index (χ3n) is 3.65. The lowest BCUT2D eigenvalue weighted by atomic mass is 10.1. The first-order valence-electron chi connectivity index (χ1n) is 8.11. The lowest BCUT2D eigenvalue weighted by Crippen LogP contribution is -2.26. The second-order valence-electron chi connectivity index (χ2n) is 5.58. The molecule has 0 radical (unpaired) electrons. The number of carboxylic acid groups (broad SMARTS) is 1. The highest BCUT2D eigenvalue weighted by molar-refractivity contribution is 7.92. The van der Waals surface area contributed by atoms with Crippen molar-refractivity contribution in [2.24, 2.45) is 0 Å². The van der Waals surface area contributed by atoms with Crippen molar-refractivity contribution in [2.75, 3.05) is 18.4 Å². The van der Waals surface area contributed by atoms with Crippen LogP contribution in [0.5, 0.6) is 5.75 Å². The maximum absolute atomic E-state index is 12.8. The zero-order valence-corrected chi connectivity index (χ0v) is 15.7. The number of methoxy groups -OCH3 is 1. The molecule has 0 heterocycles. The van der Waals surface area contributed by atoms with Gasteiger partial charge in [0.25, 0.3) is 15.9 Å². The summed E-state index contributed by atoms with van der Waals surface area (Å²) in [5.41, 5.74) is 0.0296. The van der Waals surface area contributed by atoms with Crippen molar-refractivity contribution >= 4 is 27.6 Å². The normalized spacial score (nSPS) is 10.9. The van der Waals surface area contributed by atoms with Crippen LogP contribution in [0.2, 0.25) is 0 Å². The minimum atomic E-state index is -4.21. The molecule has 9 heteroatoms. The molecule has 8 nitrogen and oxygen atoms in total. The van der Waals surface area contributed by atoms with Crippen molar-refractivity contribution < 1.29 is 27.9 Å². The van der Waals surface area contributed by atoms with Crippen LogP contribution >= 0.6 is 0 Å². The lowest BCUT2D eigenvalue weighted by molar-refractivity contribution is 0.0696. The molecule has 2 rings (SSSR count). The Labute approximate surface area is 157 Å². The van der Waals surface area contributed by atoms with Crippen molar-refractivity contribution in [3.8, 4) is 5.75 Å². The molecule has 2 aromatic carbocycles. The smallest absolute Gasteiger partial charge is 0.335 e. The SMILES string of the molecule is CCCNC(=O)c1ccccc1NS(=O)(=O)c1cc(C(=O)O)ccc1OC.